The van der Waals surface area contributed by atoms with E-state index in [0.29, 0.717) is 11.0 Å². The maximum atomic E-state index is 11.1. The third-order valence-electron chi connectivity index (χ3n) is 2.64. The van der Waals surface area contributed by atoms with Crippen LogP contribution in [0.1, 0.15) is 10.4 Å². The van der Waals surface area contributed by atoms with Crippen molar-refractivity contribution in [3.05, 3.63) is 30.1 Å². The summed E-state index contributed by atoms with van der Waals surface area (Å²) in [5.74, 6) is -1.01. The summed E-state index contributed by atoms with van der Waals surface area (Å²) >= 11 is 0. The summed E-state index contributed by atoms with van der Waals surface area (Å²) in [6.07, 6.45) is 0.824. The highest BCUT2D eigenvalue weighted by atomic mass is 16.5. The predicted octanol–water partition coefficient (Wildman–Crippen LogP) is 0.742. The van der Waals surface area contributed by atoms with Crippen LogP contribution in [-0.4, -0.2) is 45.6 Å². The van der Waals surface area contributed by atoms with Gasteiger partial charge in [0.1, 0.15) is 0 Å². The Kier molecular flexibility index (Phi) is 3.59. The van der Waals surface area contributed by atoms with Crippen molar-refractivity contribution in [1.82, 2.24) is 9.55 Å². The Hall–Kier alpha value is -1.92. The monoisotopic (exact) mass is 250 g/mol. The van der Waals surface area contributed by atoms with Crippen LogP contribution in [0, 0.1) is 0 Å². The summed E-state index contributed by atoms with van der Waals surface area (Å²) in [6, 6.07) is 4.90. The number of fused-ring (bicyclic) bond motifs is 1. The van der Waals surface area contributed by atoms with E-state index in [0.717, 1.165) is 0 Å². The number of carbonyl (C=O) groups is 1. The number of para-hydroxylation sites is 1. The number of aliphatic hydroxyl groups excluding tert-OH is 1. The normalized spacial score (nSPS) is 12.8. The van der Waals surface area contributed by atoms with Crippen molar-refractivity contribution in [2.75, 3.05) is 13.7 Å². The van der Waals surface area contributed by atoms with Gasteiger partial charge in [-0.2, -0.15) is 0 Å². The summed E-state index contributed by atoms with van der Waals surface area (Å²) in [5, 5.41) is 18.8. The highest BCUT2D eigenvalue weighted by molar-refractivity contribution is 6.01. The van der Waals surface area contributed by atoms with Gasteiger partial charge >= 0.3 is 5.97 Å². The summed E-state index contributed by atoms with van der Waals surface area (Å²) in [4.78, 5) is 15.3. The predicted molar refractivity (Wildman–Crippen MR) is 64.6 cm³/mol. The Morgan fingerprint density at radius 1 is 1.56 bits per heavy atom. The maximum Gasteiger partial charge on any atom is 0.337 e. The van der Waals surface area contributed by atoms with Crippen molar-refractivity contribution in [1.29, 1.82) is 0 Å². The van der Waals surface area contributed by atoms with Crippen LogP contribution in [0.4, 0.5) is 0 Å². The molecule has 1 atom stereocenters. The molecule has 0 radical (unpaired) electrons. The topological polar surface area (TPSA) is 84.6 Å². The van der Waals surface area contributed by atoms with E-state index in [9.17, 15) is 9.90 Å². The number of carboxylic acid groups (broad SMARTS) is 1. The van der Waals surface area contributed by atoms with Crippen LogP contribution in [0.25, 0.3) is 11.0 Å². The van der Waals surface area contributed by atoms with E-state index in [-0.39, 0.29) is 18.7 Å². The van der Waals surface area contributed by atoms with Gasteiger partial charge in [0.15, 0.2) is 0 Å². The third-order valence-corrected chi connectivity index (χ3v) is 2.64. The Morgan fingerprint density at radius 2 is 2.33 bits per heavy atom. The lowest BCUT2D eigenvalue weighted by molar-refractivity contribution is 0.0542. The van der Waals surface area contributed by atoms with Crippen LogP contribution in [0.15, 0.2) is 24.5 Å². The number of aliphatic hydroxyl groups is 1. The molecule has 6 heteroatoms. The molecule has 1 unspecified atom stereocenters. The molecule has 2 N–H and O–H groups in total. The molecule has 18 heavy (non-hydrogen) atoms. The number of imidazole rings is 1. The molecule has 0 saturated heterocycles. The van der Waals surface area contributed by atoms with Gasteiger partial charge in [0.2, 0.25) is 0 Å². The summed E-state index contributed by atoms with van der Waals surface area (Å²) < 4.78 is 6.47. The van der Waals surface area contributed by atoms with Gasteiger partial charge in [0.05, 0.1) is 42.2 Å². The second-order valence-electron chi connectivity index (χ2n) is 3.98. The first kappa shape index (κ1) is 12.5. The molecule has 0 fully saturated rings. The zero-order chi connectivity index (χ0) is 13.1. The molecule has 2 aromatic rings. The van der Waals surface area contributed by atoms with E-state index in [2.05, 4.69) is 4.98 Å². The lowest BCUT2D eigenvalue weighted by Crippen LogP contribution is -2.21. The molecule has 1 aromatic heterocycles. The third kappa shape index (κ3) is 2.34. The van der Waals surface area contributed by atoms with Gasteiger partial charge in [-0.15, -0.1) is 0 Å². The molecule has 0 amide bonds. The smallest absolute Gasteiger partial charge is 0.337 e. The van der Waals surface area contributed by atoms with E-state index >= 15 is 0 Å². The number of hydrogen-bond acceptors (Lipinski definition) is 4. The van der Waals surface area contributed by atoms with Crippen LogP contribution in [0.3, 0.4) is 0 Å². The van der Waals surface area contributed by atoms with Crippen LogP contribution in [-0.2, 0) is 11.3 Å². The summed E-state index contributed by atoms with van der Waals surface area (Å²) in [7, 11) is 1.50. The fourth-order valence-corrected chi connectivity index (χ4v) is 1.91. The Bertz CT molecular complexity index is 564. The average molecular weight is 250 g/mol. The number of carboxylic acids is 1. The van der Waals surface area contributed by atoms with Crippen molar-refractivity contribution < 1.29 is 19.7 Å². The number of ether oxygens (including phenoxy) is 1. The molecule has 0 spiro atoms. The largest absolute Gasteiger partial charge is 0.478 e. The molecule has 0 aliphatic rings. The number of hydrogen-bond donors (Lipinski definition) is 2. The minimum Gasteiger partial charge on any atom is -0.478 e. The molecule has 1 aromatic carbocycles. The lowest BCUT2D eigenvalue weighted by atomic mass is 10.2. The van der Waals surface area contributed by atoms with Crippen LogP contribution < -0.4 is 0 Å². The molecule has 0 aliphatic heterocycles. The molecule has 1 heterocycles. The van der Waals surface area contributed by atoms with E-state index in [1.807, 2.05) is 0 Å². The maximum absolute atomic E-state index is 11.1. The summed E-state index contributed by atoms with van der Waals surface area (Å²) in [5.41, 5.74) is 1.29. The zero-order valence-corrected chi connectivity index (χ0v) is 9.91. The van der Waals surface area contributed by atoms with Gasteiger partial charge in [-0.3, -0.25) is 0 Å². The van der Waals surface area contributed by atoms with Crippen molar-refractivity contribution in [3.63, 3.8) is 0 Å². The number of benzene rings is 1. The quantitative estimate of drug-likeness (QED) is 0.817. The van der Waals surface area contributed by atoms with E-state index in [4.69, 9.17) is 9.84 Å². The van der Waals surface area contributed by atoms with E-state index in [1.54, 1.807) is 16.7 Å². The SMILES string of the molecule is COCC(O)Cn1cnc2cccc(C(=O)O)c21. The first-order valence-corrected chi connectivity index (χ1v) is 5.47. The zero-order valence-electron chi connectivity index (χ0n) is 9.91. The van der Waals surface area contributed by atoms with Crippen molar-refractivity contribution >= 4 is 17.0 Å². The molecule has 0 saturated carbocycles. The van der Waals surface area contributed by atoms with Gasteiger partial charge in [-0.05, 0) is 12.1 Å². The standard InChI is InChI=1S/C12H14N2O4/c1-18-6-8(15)5-14-7-13-10-4-2-3-9(11(10)14)12(16)17/h2-4,7-8,15H,5-6H2,1H3,(H,16,17). The molecular weight excluding hydrogens is 236 g/mol. The lowest BCUT2D eigenvalue weighted by Gasteiger charge is -2.11. The Balaban J connectivity index is 2.42. The molecule has 0 aliphatic carbocycles. The number of aromatic nitrogens is 2. The van der Waals surface area contributed by atoms with E-state index < -0.39 is 12.1 Å². The Labute approximate surface area is 103 Å². The van der Waals surface area contributed by atoms with Crippen LogP contribution >= 0.6 is 0 Å². The fraction of sp³-hybridized carbons (Fsp3) is 0.333. The second kappa shape index (κ2) is 5.16. The highest BCUT2D eigenvalue weighted by Gasteiger charge is 2.15. The van der Waals surface area contributed by atoms with Crippen molar-refractivity contribution in [3.8, 4) is 0 Å². The highest BCUT2D eigenvalue weighted by Crippen LogP contribution is 2.18. The number of methoxy groups -OCH3 is 1. The Morgan fingerprint density at radius 3 is 3.00 bits per heavy atom. The molecular formula is C12H14N2O4. The first-order valence-electron chi connectivity index (χ1n) is 5.47. The van der Waals surface area contributed by atoms with Gasteiger partial charge in [-0.1, -0.05) is 6.07 Å². The van der Waals surface area contributed by atoms with Gasteiger partial charge in [0.25, 0.3) is 0 Å². The van der Waals surface area contributed by atoms with Crippen LogP contribution in [0.5, 0.6) is 0 Å². The van der Waals surface area contributed by atoms with Gasteiger partial charge in [0, 0.05) is 7.11 Å². The number of nitrogens with zero attached hydrogens (tertiary/aromatic N) is 2. The molecule has 2 rings (SSSR count). The van der Waals surface area contributed by atoms with Crippen LogP contribution in [0.2, 0.25) is 0 Å². The second-order valence-corrected chi connectivity index (χ2v) is 3.98. The van der Waals surface area contributed by atoms with Gasteiger partial charge < -0.3 is 19.5 Å². The fourth-order valence-electron chi connectivity index (χ4n) is 1.91. The minimum absolute atomic E-state index is 0.176. The molecule has 6 nitrogen and oxygen atoms in total. The van der Waals surface area contributed by atoms with Gasteiger partial charge in [-0.25, -0.2) is 9.78 Å². The molecule has 96 valence electrons. The number of aromatic carboxylic acids is 1. The minimum atomic E-state index is -1.01. The van der Waals surface area contributed by atoms with E-state index in [1.165, 1.54) is 19.5 Å². The molecule has 0 bridgehead atoms. The average Bonchev–Trinajstić information content (AvgIpc) is 2.72. The number of rotatable bonds is 5. The summed E-state index contributed by atoms with van der Waals surface area (Å²) in [6.45, 7) is 0.434. The first-order chi connectivity index (χ1) is 8.63. The van der Waals surface area contributed by atoms with Crippen molar-refractivity contribution in [2.24, 2.45) is 0 Å². The van der Waals surface area contributed by atoms with Crippen molar-refractivity contribution in [2.45, 2.75) is 12.6 Å².